The van der Waals surface area contributed by atoms with Crippen LogP contribution in [0.15, 0.2) is 5.38 Å². The van der Waals surface area contributed by atoms with Crippen molar-refractivity contribution in [1.29, 1.82) is 0 Å². The van der Waals surface area contributed by atoms with E-state index in [1.807, 2.05) is 0 Å². The van der Waals surface area contributed by atoms with Crippen molar-refractivity contribution in [2.75, 3.05) is 26.8 Å². The van der Waals surface area contributed by atoms with E-state index in [0.29, 0.717) is 0 Å². The molecule has 1 N–H and O–H groups in total. The van der Waals surface area contributed by atoms with E-state index in [2.05, 4.69) is 31.5 Å². The minimum atomic E-state index is 0.177. The highest BCUT2D eigenvalue weighted by atomic mass is 32.1. The maximum atomic E-state index is 4.98. The molecule has 1 heterocycles. The lowest BCUT2D eigenvalue weighted by Gasteiger charge is -2.14. The summed E-state index contributed by atoms with van der Waals surface area (Å²) < 4.78 is 4.98. The van der Waals surface area contributed by atoms with E-state index in [-0.39, 0.29) is 5.41 Å². The fourth-order valence-electron chi connectivity index (χ4n) is 1.60. The van der Waals surface area contributed by atoms with Gasteiger partial charge in [-0.05, 0) is 25.8 Å². The zero-order chi connectivity index (χ0) is 13.4. The van der Waals surface area contributed by atoms with Crippen LogP contribution in [0.1, 0.15) is 44.3 Å². The van der Waals surface area contributed by atoms with Crippen molar-refractivity contribution in [3.63, 3.8) is 0 Å². The fraction of sp³-hybridized carbons (Fsp3) is 0.786. The highest BCUT2D eigenvalue weighted by Gasteiger charge is 2.16. The first-order chi connectivity index (χ1) is 8.54. The van der Waals surface area contributed by atoms with Crippen LogP contribution >= 0.6 is 11.3 Å². The highest BCUT2D eigenvalue weighted by molar-refractivity contribution is 7.09. The van der Waals surface area contributed by atoms with Crippen LogP contribution in [-0.2, 0) is 16.6 Å². The van der Waals surface area contributed by atoms with Gasteiger partial charge in [-0.1, -0.05) is 20.8 Å². The van der Waals surface area contributed by atoms with E-state index in [4.69, 9.17) is 9.72 Å². The van der Waals surface area contributed by atoms with Gasteiger partial charge in [-0.3, -0.25) is 0 Å². The molecule has 0 saturated carbocycles. The second-order valence-corrected chi connectivity index (χ2v) is 6.52. The molecular formula is C14H26N2OS. The number of nitrogens with zero attached hydrogens (tertiary/aromatic N) is 1. The summed E-state index contributed by atoms with van der Waals surface area (Å²) in [5.41, 5.74) is 1.40. The normalized spacial score (nSPS) is 12.0. The first-order valence-corrected chi connectivity index (χ1v) is 7.56. The molecule has 4 heteroatoms. The molecular weight excluding hydrogens is 244 g/mol. The van der Waals surface area contributed by atoms with Crippen LogP contribution in [0.25, 0.3) is 0 Å². The van der Waals surface area contributed by atoms with Crippen molar-refractivity contribution in [3.05, 3.63) is 16.1 Å². The van der Waals surface area contributed by atoms with E-state index in [1.165, 1.54) is 23.5 Å². The molecule has 0 unspecified atom stereocenters. The molecule has 0 fully saturated rings. The summed E-state index contributed by atoms with van der Waals surface area (Å²) in [7, 11) is 1.73. The van der Waals surface area contributed by atoms with Gasteiger partial charge in [-0.25, -0.2) is 4.98 Å². The molecule has 0 radical (unpaired) electrons. The third-order valence-electron chi connectivity index (χ3n) is 2.80. The van der Waals surface area contributed by atoms with Crippen LogP contribution in [0.4, 0.5) is 0 Å². The van der Waals surface area contributed by atoms with Crippen molar-refractivity contribution < 1.29 is 4.74 Å². The average molecular weight is 270 g/mol. The number of unbranched alkanes of at least 4 members (excludes halogenated alkanes) is 1. The maximum absolute atomic E-state index is 4.98. The first-order valence-electron chi connectivity index (χ1n) is 6.68. The van der Waals surface area contributed by atoms with Gasteiger partial charge < -0.3 is 10.1 Å². The van der Waals surface area contributed by atoms with E-state index in [9.17, 15) is 0 Å². The third kappa shape index (κ3) is 5.94. The Bertz CT molecular complexity index is 331. The van der Waals surface area contributed by atoms with Gasteiger partial charge in [-0.15, -0.1) is 11.3 Å². The molecule has 0 amide bonds. The lowest BCUT2D eigenvalue weighted by Crippen LogP contribution is -2.20. The molecule has 1 aromatic rings. The third-order valence-corrected chi connectivity index (χ3v) is 3.71. The predicted molar refractivity (Wildman–Crippen MR) is 78.5 cm³/mol. The number of thiazole rings is 1. The topological polar surface area (TPSA) is 34.1 Å². The van der Waals surface area contributed by atoms with Gasteiger partial charge >= 0.3 is 0 Å². The van der Waals surface area contributed by atoms with Gasteiger partial charge in [0.05, 0.1) is 17.3 Å². The molecule has 104 valence electrons. The van der Waals surface area contributed by atoms with Crippen molar-refractivity contribution in [2.45, 2.75) is 45.4 Å². The Balaban J connectivity index is 2.14. The lowest BCUT2D eigenvalue weighted by molar-refractivity contribution is 0.199. The van der Waals surface area contributed by atoms with Gasteiger partial charge in [0.15, 0.2) is 0 Å². The number of hydrogen-bond donors (Lipinski definition) is 1. The van der Waals surface area contributed by atoms with Crippen molar-refractivity contribution in [3.8, 4) is 0 Å². The summed E-state index contributed by atoms with van der Waals surface area (Å²) in [5, 5.41) is 6.84. The molecule has 1 rings (SSSR count). The summed E-state index contributed by atoms with van der Waals surface area (Å²) in [6.45, 7) is 9.45. The number of hydrogen-bond acceptors (Lipinski definition) is 4. The van der Waals surface area contributed by atoms with E-state index in [0.717, 1.165) is 26.1 Å². The summed E-state index contributed by atoms with van der Waals surface area (Å²) in [5.74, 6) is 0. The Morgan fingerprint density at radius 3 is 2.67 bits per heavy atom. The van der Waals surface area contributed by atoms with E-state index >= 15 is 0 Å². The summed E-state index contributed by atoms with van der Waals surface area (Å²) in [6.07, 6.45) is 3.51. The molecule has 0 aliphatic rings. The summed E-state index contributed by atoms with van der Waals surface area (Å²) in [4.78, 5) is 4.71. The molecule has 0 aromatic carbocycles. The van der Waals surface area contributed by atoms with Crippen LogP contribution in [0.2, 0.25) is 0 Å². The van der Waals surface area contributed by atoms with Crippen molar-refractivity contribution in [1.82, 2.24) is 10.3 Å². The molecule has 3 nitrogen and oxygen atoms in total. The SMILES string of the molecule is COCCNCCCCc1nc(C(C)(C)C)cs1. The maximum Gasteiger partial charge on any atom is 0.0928 e. The Morgan fingerprint density at radius 2 is 2.06 bits per heavy atom. The van der Waals surface area contributed by atoms with Crippen LogP contribution in [0, 0.1) is 0 Å². The zero-order valence-electron chi connectivity index (χ0n) is 12.1. The Hall–Kier alpha value is -0.450. The quantitative estimate of drug-likeness (QED) is 0.737. The number of methoxy groups -OCH3 is 1. The predicted octanol–water partition coefficient (Wildman–Crippen LogP) is 3.00. The molecule has 0 bridgehead atoms. The van der Waals surface area contributed by atoms with Crippen LogP contribution in [0.5, 0.6) is 0 Å². The van der Waals surface area contributed by atoms with Gasteiger partial charge in [0.1, 0.15) is 0 Å². The molecule has 0 atom stereocenters. The second-order valence-electron chi connectivity index (χ2n) is 5.58. The van der Waals surface area contributed by atoms with Crippen molar-refractivity contribution in [2.24, 2.45) is 0 Å². The van der Waals surface area contributed by atoms with Crippen LogP contribution in [-0.4, -0.2) is 31.8 Å². The smallest absolute Gasteiger partial charge is 0.0928 e. The van der Waals surface area contributed by atoms with Crippen LogP contribution in [0.3, 0.4) is 0 Å². The Labute approximate surface area is 115 Å². The average Bonchev–Trinajstić information content (AvgIpc) is 2.76. The van der Waals surface area contributed by atoms with Gasteiger partial charge in [0.2, 0.25) is 0 Å². The number of nitrogens with one attached hydrogen (secondary N) is 1. The zero-order valence-corrected chi connectivity index (χ0v) is 12.9. The number of aryl methyl sites for hydroxylation is 1. The molecule has 0 aliphatic heterocycles. The minimum absolute atomic E-state index is 0.177. The van der Waals surface area contributed by atoms with Gasteiger partial charge in [0.25, 0.3) is 0 Å². The van der Waals surface area contributed by atoms with Crippen LogP contribution < -0.4 is 5.32 Å². The molecule has 0 spiro atoms. The second kappa shape index (κ2) is 7.87. The lowest BCUT2D eigenvalue weighted by atomic mass is 9.93. The van der Waals surface area contributed by atoms with E-state index < -0.39 is 0 Å². The number of aromatic nitrogens is 1. The summed E-state index contributed by atoms with van der Waals surface area (Å²) in [6, 6.07) is 0. The standard InChI is InChI=1S/C14H26N2OS/c1-14(2,3)12-11-18-13(16-12)7-5-6-8-15-9-10-17-4/h11,15H,5-10H2,1-4H3. The molecule has 1 aromatic heterocycles. The monoisotopic (exact) mass is 270 g/mol. The Morgan fingerprint density at radius 1 is 1.28 bits per heavy atom. The fourth-order valence-corrected chi connectivity index (χ4v) is 2.66. The first kappa shape index (κ1) is 15.6. The Kier molecular flexibility index (Phi) is 6.82. The minimum Gasteiger partial charge on any atom is -0.383 e. The van der Waals surface area contributed by atoms with Gasteiger partial charge in [-0.2, -0.15) is 0 Å². The highest BCUT2D eigenvalue weighted by Crippen LogP contribution is 2.24. The molecule has 18 heavy (non-hydrogen) atoms. The molecule has 0 aliphatic carbocycles. The van der Waals surface area contributed by atoms with E-state index in [1.54, 1.807) is 18.4 Å². The summed E-state index contributed by atoms with van der Waals surface area (Å²) >= 11 is 1.80. The largest absolute Gasteiger partial charge is 0.383 e. The number of ether oxygens (including phenoxy) is 1. The van der Waals surface area contributed by atoms with Crippen molar-refractivity contribution >= 4 is 11.3 Å². The number of rotatable bonds is 8. The van der Waals surface area contributed by atoms with Gasteiger partial charge in [0, 0.05) is 24.4 Å². The molecule has 0 saturated heterocycles.